The van der Waals surface area contributed by atoms with Crippen LogP contribution in [-0.2, 0) is 0 Å². The van der Waals surface area contributed by atoms with Crippen molar-refractivity contribution in [3.05, 3.63) is 22.7 Å². The molecule has 0 bridgehead atoms. The molecule has 0 atom stereocenters. The molecule has 1 aromatic carbocycles. The Morgan fingerprint density at radius 3 is 2.71 bits per heavy atom. The largest absolute Gasteiger partial charge is 0.397 e. The van der Waals surface area contributed by atoms with Gasteiger partial charge in [-0.3, -0.25) is 0 Å². The van der Waals surface area contributed by atoms with Crippen molar-refractivity contribution in [1.29, 1.82) is 0 Å². The van der Waals surface area contributed by atoms with Crippen LogP contribution in [0.5, 0.6) is 0 Å². The van der Waals surface area contributed by atoms with Gasteiger partial charge in [-0.2, -0.15) is 0 Å². The Hall–Kier alpha value is -0.700. The smallest absolute Gasteiger partial charge is 0.0589 e. The zero-order valence-corrected chi connectivity index (χ0v) is 9.89. The Balaban J connectivity index is 2.19. The fourth-order valence-corrected chi connectivity index (χ4v) is 2.16. The van der Waals surface area contributed by atoms with E-state index >= 15 is 0 Å². The van der Waals surface area contributed by atoms with Crippen LogP contribution in [0.15, 0.2) is 22.7 Å². The van der Waals surface area contributed by atoms with E-state index in [1.54, 1.807) is 0 Å². The van der Waals surface area contributed by atoms with Crippen LogP contribution in [-0.4, -0.2) is 5.54 Å². The summed E-state index contributed by atoms with van der Waals surface area (Å²) in [4.78, 5) is 0. The van der Waals surface area contributed by atoms with Crippen molar-refractivity contribution >= 4 is 27.3 Å². The first kappa shape index (κ1) is 9.84. The molecule has 0 unspecified atom stereocenters. The summed E-state index contributed by atoms with van der Waals surface area (Å²) in [5, 5.41) is 3.51. The van der Waals surface area contributed by atoms with Gasteiger partial charge in [0.05, 0.1) is 11.4 Å². The average molecular weight is 255 g/mol. The maximum absolute atomic E-state index is 5.89. The van der Waals surface area contributed by atoms with Crippen LogP contribution in [0, 0.1) is 0 Å². The maximum Gasteiger partial charge on any atom is 0.0589 e. The SMILES string of the molecule is CC1(Nc2cc(Br)ccc2N)CCC1. The molecule has 0 aromatic heterocycles. The molecule has 0 spiro atoms. The summed E-state index contributed by atoms with van der Waals surface area (Å²) < 4.78 is 1.07. The second-order valence-corrected chi connectivity index (χ2v) is 5.19. The van der Waals surface area contributed by atoms with Gasteiger partial charge in [0.1, 0.15) is 0 Å². The molecule has 0 saturated heterocycles. The molecular formula is C11H15BrN2. The minimum Gasteiger partial charge on any atom is -0.397 e. The summed E-state index contributed by atoms with van der Waals surface area (Å²) in [6, 6.07) is 5.93. The van der Waals surface area contributed by atoms with Gasteiger partial charge < -0.3 is 11.1 Å². The first-order chi connectivity index (χ1) is 6.59. The maximum atomic E-state index is 5.89. The Morgan fingerprint density at radius 1 is 1.43 bits per heavy atom. The lowest BCUT2D eigenvalue weighted by atomic mass is 9.78. The van der Waals surface area contributed by atoms with E-state index in [0.29, 0.717) is 0 Å². The third-order valence-electron chi connectivity index (χ3n) is 2.91. The average Bonchev–Trinajstić information content (AvgIpc) is 2.09. The number of halogens is 1. The topological polar surface area (TPSA) is 38.0 Å². The molecule has 0 aliphatic heterocycles. The predicted molar refractivity (Wildman–Crippen MR) is 64.4 cm³/mol. The number of nitrogens with one attached hydrogen (secondary N) is 1. The number of benzene rings is 1. The zero-order valence-electron chi connectivity index (χ0n) is 8.31. The van der Waals surface area contributed by atoms with Crippen molar-refractivity contribution in [2.75, 3.05) is 11.1 Å². The molecule has 2 nitrogen and oxygen atoms in total. The van der Waals surface area contributed by atoms with Gasteiger partial charge >= 0.3 is 0 Å². The molecule has 14 heavy (non-hydrogen) atoms. The van der Waals surface area contributed by atoms with E-state index in [1.807, 2.05) is 18.2 Å². The molecule has 1 aromatic rings. The van der Waals surface area contributed by atoms with Gasteiger partial charge in [0, 0.05) is 10.0 Å². The van der Waals surface area contributed by atoms with Crippen LogP contribution < -0.4 is 11.1 Å². The van der Waals surface area contributed by atoms with Crippen molar-refractivity contribution in [3.8, 4) is 0 Å². The Morgan fingerprint density at radius 2 is 2.14 bits per heavy atom. The van der Waals surface area contributed by atoms with Crippen molar-refractivity contribution in [3.63, 3.8) is 0 Å². The standard InChI is InChI=1S/C11H15BrN2/c1-11(5-2-6-11)14-10-7-8(12)3-4-9(10)13/h3-4,7,14H,2,5-6,13H2,1H3. The summed E-state index contributed by atoms with van der Waals surface area (Å²) in [5.74, 6) is 0. The fourth-order valence-electron chi connectivity index (χ4n) is 1.79. The molecule has 1 fully saturated rings. The van der Waals surface area contributed by atoms with Crippen LogP contribution in [0.4, 0.5) is 11.4 Å². The molecule has 0 radical (unpaired) electrons. The minimum absolute atomic E-state index is 0.259. The molecule has 3 heteroatoms. The number of nitrogens with two attached hydrogens (primary N) is 1. The lowest BCUT2D eigenvalue weighted by Crippen LogP contribution is -2.41. The number of hydrogen-bond acceptors (Lipinski definition) is 2. The van der Waals surface area contributed by atoms with Gasteiger partial charge in [0.2, 0.25) is 0 Å². The molecule has 1 aliphatic carbocycles. The molecular weight excluding hydrogens is 240 g/mol. The van der Waals surface area contributed by atoms with Crippen LogP contribution in [0.1, 0.15) is 26.2 Å². The van der Waals surface area contributed by atoms with E-state index in [0.717, 1.165) is 15.8 Å². The molecule has 1 saturated carbocycles. The summed E-state index contributed by atoms with van der Waals surface area (Å²) in [6.45, 7) is 2.25. The number of nitrogen functional groups attached to an aromatic ring is 1. The highest BCUT2D eigenvalue weighted by molar-refractivity contribution is 9.10. The third kappa shape index (κ3) is 1.87. The van der Waals surface area contributed by atoms with E-state index in [9.17, 15) is 0 Å². The predicted octanol–water partition coefficient (Wildman–Crippen LogP) is 3.39. The highest BCUT2D eigenvalue weighted by Gasteiger charge is 2.31. The van der Waals surface area contributed by atoms with Gasteiger partial charge in [0.25, 0.3) is 0 Å². The quantitative estimate of drug-likeness (QED) is 0.795. The van der Waals surface area contributed by atoms with E-state index < -0.39 is 0 Å². The molecule has 76 valence electrons. The van der Waals surface area contributed by atoms with Gasteiger partial charge in [-0.25, -0.2) is 0 Å². The highest BCUT2D eigenvalue weighted by Crippen LogP contribution is 2.36. The van der Waals surface area contributed by atoms with Crippen molar-refractivity contribution in [1.82, 2.24) is 0 Å². The summed E-state index contributed by atoms with van der Waals surface area (Å²) in [7, 11) is 0. The van der Waals surface area contributed by atoms with E-state index in [1.165, 1.54) is 19.3 Å². The molecule has 1 aliphatic rings. The first-order valence-electron chi connectivity index (χ1n) is 4.92. The summed E-state index contributed by atoms with van der Waals surface area (Å²) in [5.41, 5.74) is 8.01. The van der Waals surface area contributed by atoms with Crippen LogP contribution in [0.3, 0.4) is 0 Å². The highest BCUT2D eigenvalue weighted by atomic mass is 79.9. The van der Waals surface area contributed by atoms with Crippen molar-refractivity contribution in [2.45, 2.75) is 31.7 Å². The van der Waals surface area contributed by atoms with E-state index in [2.05, 4.69) is 28.2 Å². The van der Waals surface area contributed by atoms with Gasteiger partial charge in [-0.1, -0.05) is 15.9 Å². The Kier molecular flexibility index (Phi) is 2.43. The molecule has 0 amide bonds. The number of anilines is 2. The van der Waals surface area contributed by atoms with E-state index in [-0.39, 0.29) is 5.54 Å². The fraction of sp³-hybridized carbons (Fsp3) is 0.455. The lowest BCUT2D eigenvalue weighted by Gasteiger charge is -2.40. The molecule has 2 rings (SSSR count). The number of hydrogen-bond donors (Lipinski definition) is 2. The third-order valence-corrected chi connectivity index (χ3v) is 3.40. The van der Waals surface area contributed by atoms with Gasteiger partial charge in [-0.05, 0) is 44.4 Å². The lowest BCUT2D eigenvalue weighted by molar-refractivity contribution is 0.307. The first-order valence-corrected chi connectivity index (χ1v) is 5.72. The Bertz CT molecular complexity index is 345. The summed E-state index contributed by atoms with van der Waals surface area (Å²) in [6.07, 6.45) is 3.79. The van der Waals surface area contributed by atoms with Crippen LogP contribution in [0.2, 0.25) is 0 Å². The monoisotopic (exact) mass is 254 g/mol. The second-order valence-electron chi connectivity index (χ2n) is 4.27. The molecule has 0 heterocycles. The number of rotatable bonds is 2. The second kappa shape index (κ2) is 3.46. The summed E-state index contributed by atoms with van der Waals surface area (Å²) >= 11 is 3.45. The van der Waals surface area contributed by atoms with Crippen molar-refractivity contribution < 1.29 is 0 Å². The molecule has 3 N–H and O–H groups in total. The van der Waals surface area contributed by atoms with Crippen LogP contribution in [0.25, 0.3) is 0 Å². The van der Waals surface area contributed by atoms with Crippen molar-refractivity contribution in [2.24, 2.45) is 0 Å². The zero-order chi connectivity index (χ0) is 10.2. The minimum atomic E-state index is 0.259. The van der Waals surface area contributed by atoms with Gasteiger partial charge in [-0.15, -0.1) is 0 Å². The Labute approximate surface area is 93.0 Å². The normalized spacial score (nSPS) is 18.7. The van der Waals surface area contributed by atoms with E-state index in [4.69, 9.17) is 5.73 Å². The van der Waals surface area contributed by atoms with Gasteiger partial charge in [0.15, 0.2) is 0 Å². The van der Waals surface area contributed by atoms with Crippen LogP contribution >= 0.6 is 15.9 Å².